The van der Waals surface area contributed by atoms with Gasteiger partial charge in [-0.15, -0.1) is 0 Å². The van der Waals surface area contributed by atoms with E-state index >= 15 is 0 Å². The van der Waals surface area contributed by atoms with E-state index in [2.05, 4.69) is 39.8 Å². The van der Waals surface area contributed by atoms with E-state index in [4.69, 9.17) is 4.74 Å². The Morgan fingerprint density at radius 1 is 0.971 bits per heavy atom. The molecule has 2 aromatic rings. The maximum absolute atomic E-state index is 12.8. The Morgan fingerprint density at radius 3 is 2.43 bits per heavy atom. The molecule has 3 amide bonds. The zero-order valence-corrected chi connectivity index (χ0v) is 20.1. The van der Waals surface area contributed by atoms with E-state index in [0.717, 1.165) is 54.9 Å². The highest BCUT2D eigenvalue weighted by atomic mass is 16.5. The van der Waals surface area contributed by atoms with Gasteiger partial charge in [-0.25, -0.2) is 0 Å². The SMILES string of the molecule is Cc1ccc(C(CNC(=O)C(=O)Nc2cc3c4c(c2)CCC(=O)N4CCC3)N2CCOCC2)cc1. The van der Waals surface area contributed by atoms with Crippen molar-refractivity contribution >= 4 is 29.1 Å². The van der Waals surface area contributed by atoms with Gasteiger partial charge in [0.1, 0.15) is 0 Å². The Kier molecular flexibility index (Phi) is 6.83. The standard InChI is InChI=1S/C27H32N4O4/c1-18-4-6-19(7-5-18)23(30-11-13-35-14-12-30)17-28-26(33)27(34)29-22-15-20-3-2-10-31-24(32)9-8-21(16-22)25(20)31/h4-7,15-16,23H,2-3,8-14,17H2,1H3,(H,28,33)(H,29,34). The lowest BCUT2D eigenvalue weighted by atomic mass is 9.91. The fraction of sp³-hybridized carbons (Fsp3) is 0.444. The number of amides is 3. The van der Waals surface area contributed by atoms with Crippen molar-refractivity contribution in [2.24, 2.45) is 0 Å². The fourth-order valence-electron chi connectivity index (χ4n) is 5.32. The van der Waals surface area contributed by atoms with Crippen molar-refractivity contribution in [3.05, 3.63) is 58.7 Å². The number of rotatable bonds is 5. The summed E-state index contributed by atoms with van der Waals surface area (Å²) in [6, 6.07) is 12.1. The van der Waals surface area contributed by atoms with Crippen LogP contribution in [0.4, 0.5) is 11.4 Å². The number of aryl methyl sites for hydroxylation is 3. The lowest BCUT2D eigenvalue weighted by Gasteiger charge is -2.35. The lowest BCUT2D eigenvalue weighted by molar-refractivity contribution is -0.136. The molecule has 1 saturated heterocycles. The minimum absolute atomic E-state index is 0.0343. The van der Waals surface area contributed by atoms with Crippen LogP contribution in [0.1, 0.15) is 41.1 Å². The summed E-state index contributed by atoms with van der Waals surface area (Å²) in [6.07, 6.45) is 2.90. The number of nitrogens with zero attached hydrogens (tertiary/aromatic N) is 2. The van der Waals surface area contributed by atoms with Crippen LogP contribution in [0.15, 0.2) is 36.4 Å². The van der Waals surface area contributed by atoms with Crippen LogP contribution in [0.3, 0.4) is 0 Å². The van der Waals surface area contributed by atoms with E-state index < -0.39 is 11.8 Å². The molecular formula is C27H32N4O4. The molecule has 1 fully saturated rings. The second-order valence-electron chi connectivity index (χ2n) is 9.53. The molecule has 0 saturated carbocycles. The number of nitrogens with one attached hydrogen (secondary N) is 2. The van der Waals surface area contributed by atoms with Crippen LogP contribution >= 0.6 is 0 Å². The highest BCUT2D eigenvalue weighted by Crippen LogP contribution is 2.37. The van der Waals surface area contributed by atoms with E-state index in [1.807, 2.05) is 24.0 Å². The minimum Gasteiger partial charge on any atom is -0.379 e. The van der Waals surface area contributed by atoms with Crippen molar-refractivity contribution in [2.75, 3.05) is 49.6 Å². The molecule has 0 bridgehead atoms. The first-order chi connectivity index (χ1) is 17.0. The van der Waals surface area contributed by atoms with Crippen LogP contribution < -0.4 is 15.5 Å². The quantitative estimate of drug-likeness (QED) is 0.647. The molecule has 0 radical (unpaired) electrons. The number of carbonyl (C=O) groups is 3. The molecule has 184 valence electrons. The fourth-order valence-corrected chi connectivity index (χ4v) is 5.32. The van der Waals surface area contributed by atoms with Crippen LogP contribution in [0.25, 0.3) is 0 Å². The zero-order valence-electron chi connectivity index (χ0n) is 20.1. The number of carbonyl (C=O) groups excluding carboxylic acids is 3. The molecule has 8 heteroatoms. The maximum Gasteiger partial charge on any atom is 0.313 e. The molecule has 2 N–H and O–H groups in total. The Bertz CT molecular complexity index is 1110. The van der Waals surface area contributed by atoms with Crippen molar-refractivity contribution in [1.29, 1.82) is 0 Å². The molecular weight excluding hydrogens is 444 g/mol. The number of hydrogen-bond acceptors (Lipinski definition) is 5. The summed E-state index contributed by atoms with van der Waals surface area (Å²) in [5.41, 5.74) is 6.01. The summed E-state index contributed by atoms with van der Waals surface area (Å²) in [7, 11) is 0. The maximum atomic E-state index is 12.8. The summed E-state index contributed by atoms with van der Waals surface area (Å²) in [6.45, 7) is 5.99. The molecule has 0 aromatic heterocycles. The number of ether oxygens (including phenoxy) is 1. The second kappa shape index (κ2) is 10.2. The molecule has 0 aliphatic carbocycles. The average Bonchev–Trinajstić information content (AvgIpc) is 2.88. The molecule has 5 rings (SSSR count). The van der Waals surface area contributed by atoms with Gasteiger partial charge < -0.3 is 20.3 Å². The van der Waals surface area contributed by atoms with Crippen LogP contribution in [-0.4, -0.2) is 62.0 Å². The first-order valence-electron chi connectivity index (χ1n) is 12.4. The van der Waals surface area contributed by atoms with Gasteiger partial charge in [-0.05, 0) is 55.0 Å². The Hall–Kier alpha value is -3.23. The van der Waals surface area contributed by atoms with Gasteiger partial charge in [0.05, 0.1) is 24.9 Å². The number of hydrogen-bond donors (Lipinski definition) is 2. The van der Waals surface area contributed by atoms with Crippen molar-refractivity contribution in [1.82, 2.24) is 10.2 Å². The summed E-state index contributed by atoms with van der Waals surface area (Å²) < 4.78 is 5.50. The largest absolute Gasteiger partial charge is 0.379 e. The lowest BCUT2D eigenvalue weighted by Crippen LogP contribution is -2.45. The molecule has 35 heavy (non-hydrogen) atoms. The predicted octanol–water partition coefficient (Wildman–Crippen LogP) is 2.35. The summed E-state index contributed by atoms with van der Waals surface area (Å²) in [4.78, 5) is 41.9. The van der Waals surface area contributed by atoms with Gasteiger partial charge in [0.2, 0.25) is 5.91 Å². The molecule has 8 nitrogen and oxygen atoms in total. The predicted molar refractivity (Wildman–Crippen MR) is 133 cm³/mol. The first-order valence-corrected chi connectivity index (χ1v) is 12.4. The second-order valence-corrected chi connectivity index (χ2v) is 9.53. The van der Waals surface area contributed by atoms with Crippen LogP contribution in [0.5, 0.6) is 0 Å². The van der Waals surface area contributed by atoms with E-state index in [0.29, 0.717) is 38.3 Å². The van der Waals surface area contributed by atoms with Crippen LogP contribution in [0.2, 0.25) is 0 Å². The van der Waals surface area contributed by atoms with Crippen LogP contribution in [-0.2, 0) is 32.0 Å². The van der Waals surface area contributed by atoms with Gasteiger partial charge in [-0.2, -0.15) is 0 Å². The van der Waals surface area contributed by atoms with E-state index in [9.17, 15) is 14.4 Å². The van der Waals surface area contributed by atoms with Crippen molar-refractivity contribution in [3.8, 4) is 0 Å². The molecule has 3 aliphatic rings. The van der Waals surface area contributed by atoms with Crippen molar-refractivity contribution in [2.45, 2.75) is 38.6 Å². The summed E-state index contributed by atoms with van der Waals surface area (Å²) in [5, 5.41) is 5.62. The third-order valence-corrected chi connectivity index (χ3v) is 7.14. The Morgan fingerprint density at radius 2 is 1.69 bits per heavy atom. The van der Waals surface area contributed by atoms with Crippen molar-refractivity contribution < 1.29 is 19.1 Å². The highest BCUT2D eigenvalue weighted by Gasteiger charge is 2.30. The van der Waals surface area contributed by atoms with E-state index in [1.165, 1.54) is 5.56 Å². The molecule has 1 atom stereocenters. The molecule has 2 aromatic carbocycles. The molecule has 3 aliphatic heterocycles. The third kappa shape index (κ3) is 5.09. The van der Waals surface area contributed by atoms with E-state index in [1.54, 1.807) is 0 Å². The van der Waals surface area contributed by atoms with Gasteiger partial charge in [0.15, 0.2) is 0 Å². The van der Waals surface area contributed by atoms with E-state index in [-0.39, 0.29) is 11.9 Å². The average molecular weight is 477 g/mol. The summed E-state index contributed by atoms with van der Waals surface area (Å²) in [5.74, 6) is -1.17. The van der Waals surface area contributed by atoms with Crippen LogP contribution in [0, 0.1) is 6.92 Å². The molecule has 1 unspecified atom stereocenters. The van der Waals surface area contributed by atoms with Crippen molar-refractivity contribution in [3.63, 3.8) is 0 Å². The molecule has 0 spiro atoms. The summed E-state index contributed by atoms with van der Waals surface area (Å²) >= 11 is 0. The third-order valence-electron chi connectivity index (χ3n) is 7.14. The normalized spacial score (nSPS) is 18.5. The highest BCUT2D eigenvalue weighted by molar-refractivity contribution is 6.39. The Labute approximate surface area is 205 Å². The van der Waals surface area contributed by atoms with Gasteiger partial charge in [0, 0.05) is 38.3 Å². The molecule has 3 heterocycles. The van der Waals surface area contributed by atoms with Gasteiger partial charge >= 0.3 is 11.8 Å². The number of benzene rings is 2. The van der Waals surface area contributed by atoms with Gasteiger partial charge in [-0.1, -0.05) is 29.8 Å². The minimum atomic E-state index is -0.679. The number of anilines is 2. The Balaban J connectivity index is 1.26. The smallest absolute Gasteiger partial charge is 0.313 e. The number of morpholine rings is 1. The first kappa shape index (κ1) is 23.5. The van der Waals surface area contributed by atoms with Gasteiger partial charge in [-0.3, -0.25) is 19.3 Å². The monoisotopic (exact) mass is 476 g/mol. The zero-order chi connectivity index (χ0) is 24.4. The van der Waals surface area contributed by atoms with Gasteiger partial charge in [0.25, 0.3) is 0 Å². The topological polar surface area (TPSA) is 91.0 Å².